The minimum Gasteiger partial charge on any atom is -0.452 e. The molecule has 0 aliphatic carbocycles. The Hall–Kier alpha value is -2.76. The zero-order chi connectivity index (χ0) is 22.7. The summed E-state index contributed by atoms with van der Waals surface area (Å²) < 4.78 is 53.7. The van der Waals surface area contributed by atoms with Gasteiger partial charge in [-0.3, -0.25) is 4.79 Å². The van der Waals surface area contributed by atoms with Gasteiger partial charge in [-0.1, -0.05) is 12.1 Å². The van der Waals surface area contributed by atoms with E-state index in [1.807, 2.05) is 0 Å². The Labute approximate surface area is 175 Å². The number of nitrogens with one attached hydrogen (secondary N) is 1. The molecule has 11 heteroatoms. The smallest absolute Gasteiger partial charge is 0.338 e. The number of aryl methyl sites for hydroxylation is 1. The van der Waals surface area contributed by atoms with Crippen LogP contribution in [0.15, 0.2) is 52.3 Å². The highest BCUT2D eigenvalue weighted by Crippen LogP contribution is 2.19. The highest BCUT2D eigenvalue weighted by molar-refractivity contribution is 7.90. The van der Waals surface area contributed by atoms with Crippen LogP contribution in [-0.4, -0.2) is 60.0 Å². The van der Waals surface area contributed by atoms with Crippen molar-refractivity contribution in [1.29, 1.82) is 0 Å². The number of rotatable bonds is 7. The quantitative estimate of drug-likeness (QED) is 0.627. The summed E-state index contributed by atoms with van der Waals surface area (Å²) in [7, 11) is -4.40. The van der Waals surface area contributed by atoms with E-state index in [0.29, 0.717) is 5.56 Å². The average Bonchev–Trinajstić information content (AvgIpc) is 2.65. The Morgan fingerprint density at radius 3 is 2.27 bits per heavy atom. The summed E-state index contributed by atoms with van der Waals surface area (Å²) in [6, 6.07) is 9.69. The van der Waals surface area contributed by atoms with Gasteiger partial charge in [0.1, 0.15) is 0 Å². The second-order valence-electron chi connectivity index (χ2n) is 6.69. The number of nitrogens with zero attached hydrogens (tertiary/aromatic N) is 1. The van der Waals surface area contributed by atoms with Gasteiger partial charge in [-0.15, -0.1) is 0 Å². The van der Waals surface area contributed by atoms with Crippen LogP contribution in [0.1, 0.15) is 15.9 Å². The fraction of sp³-hybridized carbons (Fsp3) is 0.263. The molecule has 0 heterocycles. The van der Waals surface area contributed by atoms with Crippen LogP contribution < -0.4 is 5.32 Å². The monoisotopic (exact) mass is 454 g/mol. The first-order valence-electron chi connectivity index (χ1n) is 8.62. The molecule has 162 valence electrons. The van der Waals surface area contributed by atoms with Crippen molar-refractivity contribution < 1.29 is 31.2 Å². The van der Waals surface area contributed by atoms with Gasteiger partial charge in [-0.25, -0.2) is 25.9 Å². The third kappa shape index (κ3) is 5.65. The van der Waals surface area contributed by atoms with E-state index in [1.54, 1.807) is 6.92 Å². The zero-order valence-electron chi connectivity index (χ0n) is 16.9. The third-order valence-electron chi connectivity index (χ3n) is 4.09. The van der Waals surface area contributed by atoms with Gasteiger partial charge in [-0.05, 0) is 42.8 Å². The SMILES string of the molecule is Cc1ccc(S(C)(=O)=O)cc1C(=O)OCC(=O)Nc1cccc(S(=O)(=O)N(C)C)c1. The van der Waals surface area contributed by atoms with Crippen molar-refractivity contribution >= 4 is 37.4 Å². The number of esters is 1. The molecule has 9 nitrogen and oxygen atoms in total. The molecule has 1 amide bonds. The maximum atomic E-state index is 12.3. The van der Waals surface area contributed by atoms with Crippen LogP contribution in [-0.2, 0) is 29.4 Å². The standard InChI is InChI=1S/C19H22N2O7S2/c1-13-8-9-15(29(4,24)25)11-17(13)19(23)28-12-18(22)20-14-6-5-7-16(10-14)30(26,27)21(2)3/h5-11H,12H2,1-4H3,(H,20,22). The molecule has 0 fully saturated rings. The first kappa shape index (κ1) is 23.5. The molecular formula is C19H22N2O7S2. The molecule has 2 aromatic rings. The summed E-state index contributed by atoms with van der Waals surface area (Å²) in [6.07, 6.45) is 1.02. The van der Waals surface area contributed by atoms with Crippen molar-refractivity contribution in [3.8, 4) is 0 Å². The Morgan fingerprint density at radius 2 is 1.67 bits per heavy atom. The molecule has 2 rings (SSSR count). The minimum atomic E-state index is -3.67. The second kappa shape index (κ2) is 8.94. The lowest BCUT2D eigenvalue weighted by Crippen LogP contribution is -2.23. The minimum absolute atomic E-state index is 0.00416. The van der Waals surface area contributed by atoms with Gasteiger partial charge >= 0.3 is 5.97 Å². The van der Waals surface area contributed by atoms with Crippen LogP contribution in [0, 0.1) is 6.92 Å². The number of sulfonamides is 1. The molecule has 0 radical (unpaired) electrons. The number of carbonyl (C=O) groups is 2. The summed E-state index contributed by atoms with van der Waals surface area (Å²) in [5.41, 5.74) is 0.744. The molecule has 30 heavy (non-hydrogen) atoms. The lowest BCUT2D eigenvalue weighted by Gasteiger charge is -2.13. The summed E-state index contributed by atoms with van der Waals surface area (Å²) in [4.78, 5) is 24.3. The molecule has 0 saturated heterocycles. The molecule has 0 aliphatic rings. The Kier molecular flexibility index (Phi) is 7.01. The topological polar surface area (TPSA) is 127 Å². The molecule has 0 aromatic heterocycles. The van der Waals surface area contributed by atoms with Crippen LogP contribution in [0.2, 0.25) is 0 Å². The molecular weight excluding hydrogens is 432 g/mol. The van der Waals surface area contributed by atoms with Gasteiger partial charge in [0, 0.05) is 26.0 Å². The maximum Gasteiger partial charge on any atom is 0.338 e. The van der Waals surface area contributed by atoms with Gasteiger partial charge in [0.15, 0.2) is 16.4 Å². The van der Waals surface area contributed by atoms with Crippen molar-refractivity contribution in [3.05, 3.63) is 53.6 Å². The number of sulfone groups is 1. The number of carbonyl (C=O) groups excluding carboxylic acids is 2. The van der Waals surface area contributed by atoms with Crippen LogP contribution in [0.5, 0.6) is 0 Å². The molecule has 1 N–H and O–H groups in total. The van der Waals surface area contributed by atoms with Crippen molar-refractivity contribution in [1.82, 2.24) is 4.31 Å². The third-order valence-corrected chi connectivity index (χ3v) is 7.01. The zero-order valence-corrected chi connectivity index (χ0v) is 18.5. The van der Waals surface area contributed by atoms with Crippen molar-refractivity contribution in [2.45, 2.75) is 16.7 Å². The van der Waals surface area contributed by atoms with Gasteiger partial charge < -0.3 is 10.1 Å². The van der Waals surface area contributed by atoms with E-state index in [4.69, 9.17) is 4.74 Å². The molecule has 2 aromatic carbocycles. The number of benzene rings is 2. The Bertz CT molecular complexity index is 1190. The van der Waals surface area contributed by atoms with Crippen LogP contribution in [0.3, 0.4) is 0 Å². The average molecular weight is 455 g/mol. The predicted octanol–water partition coefficient (Wildman–Crippen LogP) is 1.44. The summed E-state index contributed by atoms with van der Waals surface area (Å²) in [5.74, 6) is -1.53. The fourth-order valence-corrected chi connectivity index (χ4v) is 4.00. The normalized spacial score (nSPS) is 11.9. The number of hydrogen-bond donors (Lipinski definition) is 1. The largest absolute Gasteiger partial charge is 0.452 e. The Balaban J connectivity index is 2.08. The van der Waals surface area contributed by atoms with Crippen molar-refractivity contribution in [2.24, 2.45) is 0 Å². The van der Waals surface area contributed by atoms with Crippen molar-refractivity contribution in [3.63, 3.8) is 0 Å². The molecule has 0 atom stereocenters. The van der Waals surface area contributed by atoms with Gasteiger partial charge in [0.2, 0.25) is 10.0 Å². The Morgan fingerprint density at radius 1 is 1.00 bits per heavy atom. The van der Waals surface area contributed by atoms with Gasteiger partial charge in [0.05, 0.1) is 15.4 Å². The fourth-order valence-electron chi connectivity index (χ4n) is 2.40. The van der Waals surface area contributed by atoms with E-state index in [1.165, 1.54) is 56.6 Å². The van der Waals surface area contributed by atoms with E-state index in [2.05, 4.69) is 5.32 Å². The molecule has 0 saturated carbocycles. The van der Waals surface area contributed by atoms with E-state index in [0.717, 1.165) is 10.6 Å². The van der Waals surface area contributed by atoms with E-state index in [9.17, 15) is 26.4 Å². The number of anilines is 1. The predicted molar refractivity (Wildman–Crippen MR) is 111 cm³/mol. The highest BCUT2D eigenvalue weighted by atomic mass is 32.2. The molecule has 0 spiro atoms. The molecule has 0 unspecified atom stereocenters. The van der Waals surface area contributed by atoms with Crippen LogP contribution >= 0.6 is 0 Å². The summed E-state index contributed by atoms with van der Waals surface area (Å²) in [5, 5.41) is 2.46. The first-order chi connectivity index (χ1) is 13.8. The lowest BCUT2D eigenvalue weighted by atomic mass is 10.1. The number of hydrogen-bond acceptors (Lipinski definition) is 7. The molecule has 0 bridgehead atoms. The second-order valence-corrected chi connectivity index (χ2v) is 10.9. The van der Waals surface area contributed by atoms with Crippen LogP contribution in [0.25, 0.3) is 0 Å². The number of ether oxygens (including phenoxy) is 1. The number of amides is 1. The maximum absolute atomic E-state index is 12.3. The van der Waals surface area contributed by atoms with E-state index in [-0.39, 0.29) is 21.0 Å². The van der Waals surface area contributed by atoms with E-state index < -0.39 is 38.3 Å². The van der Waals surface area contributed by atoms with Gasteiger partial charge in [0.25, 0.3) is 5.91 Å². The van der Waals surface area contributed by atoms with Gasteiger partial charge in [-0.2, -0.15) is 0 Å². The summed E-state index contributed by atoms with van der Waals surface area (Å²) >= 11 is 0. The van der Waals surface area contributed by atoms with Crippen molar-refractivity contribution in [2.75, 3.05) is 32.3 Å². The first-order valence-corrected chi connectivity index (χ1v) is 12.0. The summed E-state index contributed by atoms with van der Waals surface area (Å²) in [6.45, 7) is 0.978. The van der Waals surface area contributed by atoms with E-state index >= 15 is 0 Å². The highest BCUT2D eigenvalue weighted by Gasteiger charge is 2.19. The van der Waals surface area contributed by atoms with Crippen LogP contribution in [0.4, 0.5) is 5.69 Å². The lowest BCUT2D eigenvalue weighted by molar-refractivity contribution is -0.119. The molecule has 0 aliphatic heterocycles.